The van der Waals surface area contributed by atoms with Crippen molar-refractivity contribution in [1.29, 1.82) is 0 Å². The average Bonchev–Trinajstić information content (AvgIpc) is 2.73. The number of sulfonamides is 1. The van der Waals surface area contributed by atoms with E-state index in [0.717, 1.165) is 30.0 Å². The third kappa shape index (κ3) is 5.35. The molecule has 1 saturated carbocycles. The Balaban J connectivity index is 1.86. The summed E-state index contributed by atoms with van der Waals surface area (Å²) in [6.45, 7) is 8.28. The number of nitrogens with zero attached hydrogens (tertiary/aromatic N) is 1. The van der Waals surface area contributed by atoms with Crippen molar-refractivity contribution >= 4 is 10.0 Å². The molecule has 0 bridgehead atoms. The molecule has 2 aliphatic rings. The van der Waals surface area contributed by atoms with Gasteiger partial charge in [-0.2, -0.15) is 0 Å². The number of aryl methyl sites for hydroxylation is 1. The standard InChI is InChI=1S/C23H38N2O4S/c1-5-17-7-11-19(12-8-17)29-15-22-21(24-30(27,28)6-2)14-10-18-9-13-20(16(3)4)23(26)25(18)22/h9,13,16-17,19,21-22,24H,5-8,10-12,14-15H2,1-4H3. The third-order valence-electron chi connectivity index (χ3n) is 6.94. The van der Waals surface area contributed by atoms with Gasteiger partial charge in [0.15, 0.2) is 0 Å². The summed E-state index contributed by atoms with van der Waals surface area (Å²) in [7, 11) is -3.37. The fourth-order valence-electron chi connectivity index (χ4n) is 4.87. The molecule has 2 atom stereocenters. The van der Waals surface area contributed by atoms with Gasteiger partial charge >= 0.3 is 0 Å². The third-order valence-corrected chi connectivity index (χ3v) is 8.37. The molecule has 1 aliphatic carbocycles. The lowest BCUT2D eigenvalue weighted by molar-refractivity contribution is -0.00697. The van der Waals surface area contributed by atoms with Crippen molar-refractivity contribution in [1.82, 2.24) is 9.29 Å². The number of aromatic nitrogens is 1. The summed E-state index contributed by atoms with van der Waals surface area (Å²) >= 11 is 0. The molecule has 3 rings (SSSR count). The summed E-state index contributed by atoms with van der Waals surface area (Å²) in [4.78, 5) is 13.3. The minimum atomic E-state index is -3.37. The second kappa shape index (κ2) is 9.96. The summed E-state index contributed by atoms with van der Waals surface area (Å²) in [6, 6.07) is 3.32. The first-order chi connectivity index (χ1) is 14.3. The Morgan fingerprint density at radius 3 is 2.43 bits per heavy atom. The van der Waals surface area contributed by atoms with Gasteiger partial charge in [0, 0.05) is 17.3 Å². The molecule has 1 N–H and O–H groups in total. The predicted octanol–water partition coefficient (Wildman–Crippen LogP) is 3.75. The number of pyridine rings is 1. The fraction of sp³-hybridized carbons (Fsp3) is 0.783. The number of rotatable bonds is 8. The van der Waals surface area contributed by atoms with E-state index in [2.05, 4.69) is 11.6 Å². The van der Waals surface area contributed by atoms with Crippen LogP contribution < -0.4 is 10.3 Å². The highest BCUT2D eigenvalue weighted by Crippen LogP contribution is 2.31. The van der Waals surface area contributed by atoms with Gasteiger partial charge in [-0.05, 0) is 63.4 Å². The lowest BCUT2D eigenvalue weighted by atomic mass is 9.86. The largest absolute Gasteiger partial charge is 0.376 e. The molecule has 7 heteroatoms. The van der Waals surface area contributed by atoms with E-state index in [0.29, 0.717) is 19.4 Å². The van der Waals surface area contributed by atoms with E-state index in [4.69, 9.17) is 4.74 Å². The SMILES string of the molecule is CCC1CCC(OCC2C(NS(=O)(=O)CC)CCc3ccc(C(C)C)c(=O)n32)CC1. The second-order valence-electron chi connectivity index (χ2n) is 9.23. The van der Waals surface area contributed by atoms with Gasteiger partial charge in [-0.1, -0.05) is 33.3 Å². The molecule has 1 fully saturated rings. The molecule has 170 valence electrons. The van der Waals surface area contributed by atoms with E-state index < -0.39 is 10.0 Å². The van der Waals surface area contributed by atoms with Gasteiger partial charge < -0.3 is 9.30 Å². The van der Waals surface area contributed by atoms with Gasteiger partial charge in [0.2, 0.25) is 10.0 Å². The van der Waals surface area contributed by atoms with Crippen LogP contribution in [0.4, 0.5) is 0 Å². The van der Waals surface area contributed by atoms with Crippen molar-refractivity contribution in [3.05, 3.63) is 33.7 Å². The Hall–Kier alpha value is -1.18. The molecule has 0 saturated heterocycles. The zero-order chi connectivity index (χ0) is 21.9. The summed E-state index contributed by atoms with van der Waals surface area (Å²) in [5.74, 6) is 0.945. The van der Waals surface area contributed by atoms with E-state index in [9.17, 15) is 13.2 Å². The van der Waals surface area contributed by atoms with E-state index in [1.54, 1.807) is 6.92 Å². The van der Waals surface area contributed by atoms with E-state index >= 15 is 0 Å². The highest BCUT2D eigenvalue weighted by atomic mass is 32.2. The van der Waals surface area contributed by atoms with E-state index in [1.807, 2.05) is 30.5 Å². The minimum absolute atomic E-state index is 0.00816. The maximum Gasteiger partial charge on any atom is 0.254 e. The van der Waals surface area contributed by atoms with Crippen LogP contribution in [-0.4, -0.2) is 37.5 Å². The van der Waals surface area contributed by atoms with Gasteiger partial charge in [-0.25, -0.2) is 13.1 Å². The molecule has 0 aromatic carbocycles. The first-order valence-corrected chi connectivity index (χ1v) is 13.3. The van der Waals surface area contributed by atoms with Gasteiger partial charge in [0.05, 0.1) is 24.5 Å². The summed E-state index contributed by atoms with van der Waals surface area (Å²) in [5, 5.41) is 0. The lowest BCUT2D eigenvalue weighted by Crippen LogP contribution is -2.50. The molecule has 1 aromatic rings. The molecule has 6 nitrogen and oxygen atoms in total. The number of ether oxygens (including phenoxy) is 1. The Morgan fingerprint density at radius 1 is 1.13 bits per heavy atom. The number of hydrogen-bond donors (Lipinski definition) is 1. The Labute approximate surface area is 181 Å². The molecule has 1 aromatic heterocycles. The van der Waals surface area contributed by atoms with Gasteiger partial charge in [-0.15, -0.1) is 0 Å². The van der Waals surface area contributed by atoms with Gasteiger partial charge in [-0.3, -0.25) is 4.79 Å². The Morgan fingerprint density at radius 2 is 1.83 bits per heavy atom. The predicted molar refractivity (Wildman–Crippen MR) is 121 cm³/mol. The molecule has 0 radical (unpaired) electrons. The highest BCUT2D eigenvalue weighted by molar-refractivity contribution is 7.89. The average molecular weight is 439 g/mol. The molecule has 0 amide bonds. The fourth-order valence-corrected chi connectivity index (χ4v) is 5.78. The molecule has 1 aliphatic heterocycles. The van der Waals surface area contributed by atoms with Crippen molar-refractivity contribution in [2.75, 3.05) is 12.4 Å². The van der Waals surface area contributed by atoms with Crippen LogP contribution in [0.5, 0.6) is 0 Å². The van der Waals surface area contributed by atoms with Gasteiger partial charge in [0.1, 0.15) is 0 Å². The Bertz CT molecular complexity index is 870. The molecule has 2 heterocycles. The van der Waals surface area contributed by atoms with Crippen molar-refractivity contribution in [3.8, 4) is 0 Å². The van der Waals surface area contributed by atoms with E-state index in [-0.39, 0.29) is 35.4 Å². The zero-order valence-electron chi connectivity index (χ0n) is 18.9. The topological polar surface area (TPSA) is 77.4 Å². The number of hydrogen-bond acceptors (Lipinski definition) is 4. The molecule has 2 unspecified atom stereocenters. The molecular formula is C23H38N2O4S. The summed E-state index contributed by atoms with van der Waals surface area (Å²) in [6.07, 6.45) is 7.24. The van der Waals surface area contributed by atoms with Crippen LogP contribution in [0.1, 0.15) is 89.4 Å². The zero-order valence-corrected chi connectivity index (χ0v) is 19.7. The number of nitrogens with one attached hydrogen (secondary N) is 1. The summed E-state index contributed by atoms with van der Waals surface area (Å²) in [5.41, 5.74) is 1.73. The maximum absolute atomic E-state index is 13.3. The van der Waals surface area contributed by atoms with Crippen LogP contribution in [0.2, 0.25) is 0 Å². The minimum Gasteiger partial charge on any atom is -0.376 e. The molecule has 30 heavy (non-hydrogen) atoms. The first kappa shape index (κ1) is 23.5. The normalized spacial score (nSPS) is 27.2. The second-order valence-corrected chi connectivity index (χ2v) is 11.3. The summed E-state index contributed by atoms with van der Waals surface area (Å²) < 4.78 is 35.6. The van der Waals surface area contributed by atoms with Crippen LogP contribution in [-0.2, 0) is 21.2 Å². The smallest absolute Gasteiger partial charge is 0.254 e. The lowest BCUT2D eigenvalue weighted by Gasteiger charge is -2.37. The van der Waals surface area contributed by atoms with Crippen LogP contribution in [0.15, 0.2) is 16.9 Å². The quantitative estimate of drug-likeness (QED) is 0.670. The Kier molecular flexibility index (Phi) is 7.80. The molecular weight excluding hydrogens is 400 g/mol. The van der Waals surface area contributed by atoms with Crippen LogP contribution in [0.25, 0.3) is 0 Å². The van der Waals surface area contributed by atoms with Crippen molar-refractivity contribution in [2.45, 2.75) is 96.7 Å². The molecule has 0 spiro atoms. The van der Waals surface area contributed by atoms with Gasteiger partial charge in [0.25, 0.3) is 5.56 Å². The maximum atomic E-state index is 13.3. The van der Waals surface area contributed by atoms with Crippen molar-refractivity contribution < 1.29 is 13.2 Å². The van der Waals surface area contributed by atoms with Crippen molar-refractivity contribution in [2.24, 2.45) is 5.92 Å². The monoisotopic (exact) mass is 438 g/mol. The van der Waals surface area contributed by atoms with Crippen LogP contribution in [0.3, 0.4) is 0 Å². The van der Waals surface area contributed by atoms with E-state index in [1.165, 1.54) is 19.3 Å². The van der Waals surface area contributed by atoms with Crippen LogP contribution >= 0.6 is 0 Å². The number of fused-ring (bicyclic) bond motifs is 1. The van der Waals surface area contributed by atoms with Crippen LogP contribution in [0, 0.1) is 5.92 Å². The van der Waals surface area contributed by atoms with Crippen molar-refractivity contribution in [3.63, 3.8) is 0 Å². The first-order valence-electron chi connectivity index (χ1n) is 11.6. The highest BCUT2D eigenvalue weighted by Gasteiger charge is 2.34.